The number of rotatable bonds is 10. The third kappa shape index (κ3) is 4.42. The first-order valence-corrected chi connectivity index (χ1v) is 7.15. The van der Waals surface area contributed by atoms with Gasteiger partial charge in [-0.3, -0.25) is 4.90 Å². The van der Waals surface area contributed by atoms with Crippen molar-refractivity contribution in [2.24, 2.45) is 5.73 Å². The van der Waals surface area contributed by atoms with E-state index in [0.29, 0.717) is 0 Å². The molecule has 0 aliphatic rings. The molecule has 2 nitrogen and oxygen atoms in total. The largest absolute Gasteiger partial charge is 0.329 e. The van der Waals surface area contributed by atoms with E-state index in [1.54, 1.807) is 0 Å². The molecule has 0 saturated heterocycles. The lowest BCUT2D eigenvalue weighted by molar-refractivity contribution is 0.0814. The average Bonchev–Trinajstić information content (AvgIpc) is 2.34. The van der Waals surface area contributed by atoms with Crippen molar-refractivity contribution < 1.29 is 0 Å². The van der Waals surface area contributed by atoms with Crippen LogP contribution >= 0.6 is 0 Å². The number of unbranched alkanes of at least 4 members (excludes halogenated alkanes) is 2. The molecule has 0 rings (SSSR count). The van der Waals surface area contributed by atoms with Crippen LogP contribution in [0.25, 0.3) is 0 Å². The Labute approximate surface area is 103 Å². The van der Waals surface area contributed by atoms with E-state index in [1.807, 2.05) is 0 Å². The van der Waals surface area contributed by atoms with Gasteiger partial charge in [0.1, 0.15) is 0 Å². The summed E-state index contributed by atoms with van der Waals surface area (Å²) in [4.78, 5) is 2.65. The van der Waals surface area contributed by atoms with E-state index < -0.39 is 0 Å². The van der Waals surface area contributed by atoms with E-state index in [1.165, 1.54) is 51.6 Å². The predicted octanol–water partition coefficient (Wildman–Crippen LogP) is 3.41. The van der Waals surface area contributed by atoms with Crippen molar-refractivity contribution in [2.45, 2.75) is 71.8 Å². The Bertz CT molecular complexity index is 137. The molecule has 98 valence electrons. The summed E-state index contributed by atoms with van der Waals surface area (Å²) in [5.74, 6) is 0. The van der Waals surface area contributed by atoms with E-state index >= 15 is 0 Å². The molecule has 0 aliphatic carbocycles. The van der Waals surface area contributed by atoms with Crippen LogP contribution in [0.3, 0.4) is 0 Å². The Balaban J connectivity index is 4.52. The van der Waals surface area contributed by atoms with E-state index in [2.05, 4.69) is 32.6 Å². The fraction of sp³-hybridized carbons (Fsp3) is 1.00. The number of nitrogens with zero attached hydrogens (tertiary/aromatic N) is 1. The highest BCUT2D eigenvalue weighted by atomic mass is 15.2. The van der Waals surface area contributed by atoms with Gasteiger partial charge in [-0.1, -0.05) is 40.5 Å². The molecule has 0 saturated carbocycles. The fourth-order valence-corrected chi connectivity index (χ4v) is 2.40. The molecule has 2 N–H and O–H groups in total. The molecular formula is C14H32N2. The van der Waals surface area contributed by atoms with Crippen molar-refractivity contribution in [1.82, 2.24) is 4.90 Å². The predicted molar refractivity (Wildman–Crippen MR) is 73.8 cm³/mol. The summed E-state index contributed by atoms with van der Waals surface area (Å²) in [6, 6.07) is 0. The molecule has 0 radical (unpaired) electrons. The zero-order valence-electron chi connectivity index (χ0n) is 11.9. The molecule has 0 spiro atoms. The Morgan fingerprint density at radius 2 is 1.31 bits per heavy atom. The number of hydrogen-bond donors (Lipinski definition) is 1. The van der Waals surface area contributed by atoms with Gasteiger partial charge >= 0.3 is 0 Å². The van der Waals surface area contributed by atoms with Gasteiger partial charge in [-0.15, -0.1) is 0 Å². The van der Waals surface area contributed by atoms with Crippen LogP contribution in [-0.4, -0.2) is 30.1 Å². The first-order chi connectivity index (χ1) is 7.70. The van der Waals surface area contributed by atoms with E-state index in [0.717, 1.165) is 6.54 Å². The molecule has 0 aliphatic heterocycles. The van der Waals surface area contributed by atoms with Crippen LogP contribution in [0.1, 0.15) is 66.2 Å². The van der Waals surface area contributed by atoms with Gasteiger partial charge in [0.25, 0.3) is 0 Å². The second kappa shape index (κ2) is 9.00. The average molecular weight is 228 g/mol. The van der Waals surface area contributed by atoms with Gasteiger partial charge in [0.2, 0.25) is 0 Å². The highest BCUT2D eigenvalue weighted by molar-refractivity contribution is 4.89. The summed E-state index contributed by atoms with van der Waals surface area (Å²) in [6.07, 6.45) is 7.49. The molecule has 0 aromatic carbocycles. The minimum Gasteiger partial charge on any atom is -0.329 e. The standard InChI is InChI=1S/C14H32N2/c1-5-9-11-16(12-10-6-2)14(7-3,8-4)13-15/h5-13,15H2,1-4H3. The van der Waals surface area contributed by atoms with Gasteiger partial charge in [0.05, 0.1) is 0 Å². The summed E-state index contributed by atoms with van der Waals surface area (Å²) >= 11 is 0. The fourth-order valence-electron chi connectivity index (χ4n) is 2.40. The molecule has 0 bridgehead atoms. The third-order valence-electron chi connectivity index (χ3n) is 3.93. The van der Waals surface area contributed by atoms with Gasteiger partial charge in [-0.2, -0.15) is 0 Å². The molecule has 0 heterocycles. The van der Waals surface area contributed by atoms with Gasteiger partial charge < -0.3 is 5.73 Å². The molecule has 0 amide bonds. The second-order valence-corrected chi connectivity index (χ2v) is 4.83. The van der Waals surface area contributed by atoms with Crippen LogP contribution in [0.15, 0.2) is 0 Å². The monoisotopic (exact) mass is 228 g/mol. The topological polar surface area (TPSA) is 29.3 Å². The lowest BCUT2D eigenvalue weighted by Crippen LogP contribution is -2.53. The second-order valence-electron chi connectivity index (χ2n) is 4.83. The van der Waals surface area contributed by atoms with Crippen LogP contribution in [0, 0.1) is 0 Å². The van der Waals surface area contributed by atoms with Crippen molar-refractivity contribution in [3.05, 3.63) is 0 Å². The SMILES string of the molecule is CCCCN(CCCC)C(CC)(CC)CN. The maximum Gasteiger partial charge on any atom is 0.0326 e. The van der Waals surface area contributed by atoms with Crippen molar-refractivity contribution in [2.75, 3.05) is 19.6 Å². The zero-order valence-corrected chi connectivity index (χ0v) is 11.9. The Morgan fingerprint density at radius 3 is 1.56 bits per heavy atom. The zero-order chi connectivity index (χ0) is 12.4. The van der Waals surface area contributed by atoms with Gasteiger partial charge in [-0.25, -0.2) is 0 Å². The summed E-state index contributed by atoms with van der Waals surface area (Å²) in [5, 5.41) is 0. The summed E-state index contributed by atoms with van der Waals surface area (Å²) < 4.78 is 0. The summed E-state index contributed by atoms with van der Waals surface area (Å²) in [7, 11) is 0. The Kier molecular flexibility index (Phi) is 8.96. The van der Waals surface area contributed by atoms with Crippen LogP contribution in [0.5, 0.6) is 0 Å². The number of hydrogen-bond acceptors (Lipinski definition) is 2. The molecular weight excluding hydrogens is 196 g/mol. The first kappa shape index (κ1) is 15.9. The van der Waals surface area contributed by atoms with Gasteiger partial charge in [0, 0.05) is 12.1 Å². The normalized spacial score (nSPS) is 12.4. The molecule has 0 fully saturated rings. The minimum absolute atomic E-state index is 0.254. The molecule has 2 heteroatoms. The Hall–Kier alpha value is -0.0800. The van der Waals surface area contributed by atoms with E-state index in [-0.39, 0.29) is 5.54 Å². The van der Waals surface area contributed by atoms with Gasteiger partial charge in [0.15, 0.2) is 0 Å². The lowest BCUT2D eigenvalue weighted by atomic mass is 9.90. The number of nitrogens with two attached hydrogens (primary N) is 1. The maximum absolute atomic E-state index is 6.03. The summed E-state index contributed by atoms with van der Waals surface area (Å²) in [6.45, 7) is 12.3. The van der Waals surface area contributed by atoms with Crippen molar-refractivity contribution in [3.63, 3.8) is 0 Å². The highest BCUT2D eigenvalue weighted by Crippen LogP contribution is 2.24. The molecule has 16 heavy (non-hydrogen) atoms. The van der Waals surface area contributed by atoms with Crippen molar-refractivity contribution >= 4 is 0 Å². The van der Waals surface area contributed by atoms with E-state index in [9.17, 15) is 0 Å². The van der Waals surface area contributed by atoms with Crippen LogP contribution < -0.4 is 5.73 Å². The lowest BCUT2D eigenvalue weighted by Gasteiger charge is -2.43. The highest BCUT2D eigenvalue weighted by Gasteiger charge is 2.30. The van der Waals surface area contributed by atoms with Crippen LogP contribution in [-0.2, 0) is 0 Å². The molecule has 0 atom stereocenters. The van der Waals surface area contributed by atoms with Crippen LogP contribution in [0.4, 0.5) is 0 Å². The molecule has 0 aromatic heterocycles. The van der Waals surface area contributed by atoms with Crippen molar-refractivity contribution in [3.8, 4) is 0 Å². The third-order valence-corrected chi connectivity index (χ3v) is 3.93. The van der Waals surface area contributed by atoms with E-state index in [4.69, 9.17) is 5.73 Å². The minimum atomic E-state index is 0.254. The van der Waals surface area contributed by atoms with Crippen LogP contribution in [0.2, 0.25) is 0 Å². The summed E-state index contributed by atoms with van der Waals surface area (Å²) in [5.41, 5.74) is 6.29. The molecule has 0 unspecified atom stereocenters. The van der Waals surface area contributed by atoms with Gasteiger partial charge in [-0.05, 0) is 38.8 Å². The van der Waals surface area contributed by atoms with Crippen molar-refractivity contribution in [1.29, 1.82) is 0 Å². The first-order valence-electron chi connectivity index (χ1n) is 7.15. The maximum atomic E-state index is 6.03. The molecule has 0 aromatic rings. The quantitative estimate of drug-likeness (QED) is 0.621. The Morgan fingerprint density at radius 1 is 0.875 bits per heavy atom. The smallest absolute Gasteiger partial charge is 0.0326 e.